The first kappa shape index (κ1) is 16.3. The Balaban J connectivity index is 2.01. The van der Waals surface area contributed by atoms with Gasteiger partial charge in [0.05, 0.1) is 0 Å². The second kappa shape index (κ2) is 6.38. The van der Waals surface area contributed by atoms with Crippen molar-refractivity contribution in [1.29, 1.82) is 0 Å². The van der Waals surface area contributed by atoms with Crippen LogP contribution in [0.15, 0.2) is 24.3 Å². The van der Waals surface area contributed by atoms with Crippen molar-refractivity contribution in [3.63, 3.8) is 0 Å². The number of carbonyl (C=O) groups is 2. The number of carbonyl (C=O) groups excluding carboxylic acids is 2. The average Bonchev–Trinajstić information content (AvgIpc) is 2.89. The summed E-state index contributed by atoms with van der Waals surface area (Å²) < 4.78 is 0. The van der Waals surface area contributed by atoms with E-state index in [0.29, 0.717) is 13.0 Å². The molecule has 0 radical (unpaired) electrons. The summed E-state index contributed by atoms with van der Waals surface area (Å²) in [4.78, 5) is 26.4. The standard InChI is InChI=1S/C17H25N3O2/c1-12-7-9-13(10-8-12)18-16(22)20-11-5-6-14(20)15(21)19-17(2,3)4/h7-10,14H,5-6,11H2,1-4H3,(H,18,22)(H,19,21)/t14-/m1/s1. The molecule has 1 aliphatic heterocycles. The van der Waals surface area contributed by atoms with Crippen LogP contribution in [-0.4, -0.2) is 35.0 Å². The highest BCUT2D eigenvalue weighted by Crippen LogP contribution is 2.20. The minimum atomic E-state index is -0.385. The predicted octanol–water partition coefficient (Wildman–Crippen LogP) is 2.91. The first-order valence-electron chi connectivity index (χ1n) is 7.72. The molecule has 1 aromatic rings. The number of hydrogen-bond acceptors (Lipinski definition) is 2. The molecule has 120 valence electrons. The summed E-state index contributed by atoms with van der Waals surface area (Å²) in [7, 11) is 0. The fraction of sp³-hybridized carbons (Fsp3) is 0.529. The highest BCUT2D eigenvalue weighted by atomic mass is 16.2. The van der Waals surface area contributed by atoms with E-state index < -0.39 is 0 Å². The molecule has 0 bridgehead atoms. The molecule has 0 saturated carbocycles. The van der Waals surface area contributed by atoms with E-state index in [-0.39, 0.29) is 23.5 Å². The highest BCUT2D eigenvalue weighted by Gasteiger charge is 2.35. The number of benzene rings is 1. The molecule has 1 heterocycles. The summed E-state index contributed by atoms with van der Waals surface area (Å²) >= 11 is 0. The van der Waals surface area contributed by atoms with Gasteiger partial charge in [-0.1, -0.05) is 17.7 Å². The van der Waals surface area contributed by atoms with Gasteiger partial charge < -0.3 is 15.5 Å². The van der Waals surface area contributed by atoms with E-state index in [2.05, 4.69) is 10.6 Å². The van der Waals surface area contributed by atoms with E-state index in [9.17, 15) is 9.59 Å². The van der Waals surface area contributed by atoms with Crippen molar-refractivity contribution in [3.05, 3.63) is 29.8 Å². The van der Waals surface area contributed by atoms with Crippen LogP contribution in [-0.2, 0) is 4.79 Å². The molecule has 0 unspecified atom stereocenters. The Labute approximate surface area is 132 Å². The quantitative estimate of drug-likeness (QED) is 0.882. The second-order valence-corrected chi connectivity index (χ2v) is 6.89. The molecule has 22 heavy (non-hydrogen) atoms. The molecule has 1 saturated heterocycles. The van der Waals surface area contributed by atoms with Crippen LogP contribution in [0.25, 0.3) is 0 Å². The van der Waals surface area contributed by atoms with Crippen LogP contribution >= 0.6 is 0 Å². The number of anilines is 1. The molecular weight excluding hydrogens is 278 g/mol. The lowest BCUT2D eigenvalue weighted by Crippen LogP contribution is -2.52. The smallest absolute Gasteiger partial charge is 0.322 e. The van der Waals surface area contributed by atoms with Gasteiger partial charge in [0.25, 0.3) is 0 Å². The van der Waals surface area contributed by atoms with Crippen molar-refractivity contribution in [3.8, 4) is 0 Å². The number of amides is 3. The van der Waals surface area contributed by atoms with Crippen molar-refractivity contribution >= 4 is 17.6 Å². The van der Waals surface area contributed by atoms with Gasteiger partial charge in [-0.15, -0.1) is 0 Å². The minimum Gasteiger partial charge on any atom is -0.350 e. The van der Waals surface area contributed by atoms with Gasteiger partial charge in [-0.25, -0.2) is 4.79 Å². The first-order chi connectivity index (χ1) is 10.3. The number of rotatable bonds is 2. The SMILES string of the molecule is Cc1ccc(NC(=O)N2CCC[C@@H]2C(=O)NC(C)(C)C)cc1. The van der Waals surface area contributed by atoms with Gasteiger partial charge in [-0.05, 0) is 52.7 Å². The number of hydrogen-bond donors (Lipinski definition) is 2. The van der Waals surface area contributed by atoms with E-state index in [4.69, 9.17) is 0 Å². The number of nitrogens with one attached hydrogen (secondary N) is 2. The average molecular weight is 303 g/mol. The predicted molar refractivity (Wildman–Crippen MR) is 87.8 cm³/mol. The maximum atomic E-state index is 12.4. The number of likely N-dealkylation sites (tertiary alicyclic amines) is 1. The Kier molecular flexibility index (Phi) is 4.74. The summed E-state index contributed by atoms with van der Waals surface area (Å²) in [5, 5.41) is 5.82. The summed E-state index contributed by atoms with van der Waals surface area (Å²) in [6, 6.07) is 7.04. The Morgan fingerprint density at radius 1 is 1.18 bits per heavy atom. The molecule has 1 aromatic carbocycles. The van der Waals surface area contributed by atoms with Gasteiger partial charge in [-0.3, -0.25) is 4.79 Å². The molecule has 2 N–H and O–H groups in total. The summed E-state index contributed by atoms with van der Waals surface area (Å²) in [6.45, 7) is 8.43. The fourth-order valence-corrected chi connectivity index (χ4v) is 2.57. The van der Waals surface area contributed by atoms with E-state index in [1.165, 1.54) is 0 Å². The van der Waals surface area contributed by atoms with Crippen molar-refractivity contribution in [1.82, 2.24) is 10.2 Å². The lowest BCUT2D eigenvalue weighted by Gasteiger charge is -2.28. The molecule has 1 aliphatic rings. The van der Waals surface area contributed by atoms with Crippen molar-refractivity contribution < 1.29 is 9.59 Å². The van der Waals surface area contributed by atoms with Crippen LogP contribution < -0.4 is 10.6 Å². The van der Waals surface area contributed by atoms with E-state index in [1.807, 2.05) is 52.0 Å². The maximum Gasteiger partial charge on any atom is 0.322 e. The second-order valence-electron chi connectivity index (χ2n) is 6.89. The Morgan fingerprint density at radius 3 is 2.41 bits per heavy atom. The largest absolute Gasteiger partial charge is 0.350 e. The molecule has 1 atom stereocenters. The zero-order valence-corrected chi connectivity index (χ0v) is 13.8. The lowest BCUT2D eigenvalue weighted by molar-refractivity contribution is -0.126. The molecule has 0 spiro atoms. The first-order valence-corrected chi connectivity index (χ1v) is 7.72. The molecular formula is C17H25N3O2. The van der Waals surface area contributed by atoms with Gasteiger partial charge in [0.15, 0.2) is 0 Å². The zero-order valence-electron chi connectivity index (χ0n) is 13.8. The van der Waals surface area contributed by atoms with Crippen LogP contribution in [0.4, 0.5) is 10.5 Å². The van der Waals surface area contributed by atoms with Crippen LogP contribution in [0.1, 0.15) is 39.2 Å². The number of urea groups is 1. The lowest BCUT2D eigenvalue weighted by atomic mass is 10.1. The molecule has 1 fully saturated rings. The van der Waals surface area contributed by atoms with E-state index in [1.54, 1.807) is 4.90 Å². The normalized spacial score (nSPS) is 18.2. The summed E-state index contributed by atoms with van der Waals surface area (Å²) in [5.74, 6) is -0.0796. The molecule has 0 aromatic heterocycles. The van der Waals surface area contributed by atoms with Gasteiger partial charge >= 0.3 is 6.03 Å². The van der Waals surface area contributed by atoms with Crippen molar-refractivity contribution in [2.75, 3.05) is 11.9 Å². The third kappa shape index (κ3) is 4.23. The van der Waals surface area contributed by atoms with Crippen molar-refractivity contribution in [2.45, 2.75) is 52.1 Å². The van der Waals surface area contributed by atoms with Gasteiger partial charge in [0.1, 0.15) is 6.04 Å². The number of aryl methyl sites for hydroxylation is 1. The van der Waals surface area contributed by atoms with Crippen LogP contribution in [0.2, 0.25) is 0 Å². The van der Waals surface area contributed by atoms with Crippen LogP contribution in [0.5, 0.6) is 0 Å². The Morgan fingerprint density at radius 2 is 1.82 bits per heavy atom. The zero-order chi connectivity index (χ0) is 16.3. The van der Waals surface area contributed by atoms with E-state index >= 15 is 0 Å². The number of nitrogens with zero attached hydrogens (tertiary/aromatic N) is 1. The van der Waals surface area contributed by atoms with Gasteiger partial charge in [0.2, 0.25) is 5.91 Å². The minimum absolute atomic E-state index is 0.0796. The Bertz CT molecular complexity index is 546. The maximum absolute atomic E-state index is 12.4. The topological polar surface area (TPSA) is 61.4 Å². The summed E-state index contributed by atoms with van der Waals surface area (Å²) in [5.41, 5.74) is 1.60. The molecule has 3 amide bonds. The fourth-order valence-electron chi connectivity index (χ4n) is 2.57. The molecule has 2 rings (SSSR count). The third-order valence-corrected chi connectivity index (χ3v) is 3.62. The van der Waals surface area contributed by atoms with Gasteiger partial charge in [-0.2, -0.15) is 0 Å². The van der Waals surface area contributed by atoms with Crippen LogP contribution in [0.3, 0.4) is 0 Å². The highest BCUT2D eigenvalue weighted by molar-refractivity contribution is 5.94. The monoisotopic (exact) mass is 303 g/mol. The molecule has 0 aliphatic carbocycles. The van der Waals surface area contributed by atoms with Crippen molar-refractivity contribution in [2.24, 2.45) is 0 Å². The summed E-state index contributed by atoms with van der Waals surface area (Å²) in [6.07, 6.45) is 1.56. The van der Waals surface area contributed by atoms with Crippen LogP contribution in [0, 0.1) is 6.92 Å². The Hall–Kier alpha value is -2.04. The van der Waals surface area contributed by atoms with E-state index in [0.717, 1.165) is 17.7 Å². The third-order valence-electron chi connectivity index (χ3n) is 3.62. The van der Waals surface area contributed by atoms with Gasteiger partial charge in [0, 0.05) is 17.8 Å². The molecule has 5 heteroatoms. The molecule has 5 nitrogen and oxygen atoms in total.